The fourth-order valence-corrected chi connectivity index (χ4v) is 2.54. The SMILES string of the molecule is CCn1ccnc1COC1(C)CCN(C(=O)OC(C)(C)C)C1. The third-order valence-electron chi connectivity index (χ3n) is 3.78. The lowest BCUT2D eigenvalue weighted by atomic mass is 10.1. The van der Waals surface area contributed by atoms with Crippen LogP contribution < -0.4 is 0 Å². The monoisotopic (exact) mass is 309 g/mol. The zero-order valence-electron chi connectivity index (χ0n) is 14.3. The lowest BCUT2D eigenvalue weighted by Gasteiger charge is -2.27. The summed E-state index contributed by atoms with van der Waals surface area (Å²) in [5.74, 6) is 0.916. The summed E-state index contributed by atoms with van der Waals surface area (Å²) in [6.07, 6.45) is 4.27. The number of likely N-dealkylation sites (tertiary alicyclic amines) is 1. The molecule has 1 aromatic rings. The lowest BCUT2D eigenvalue weighted by Crippen LogP contribution is -2.39. The summed E-state index contributed by atoms with van der Waals surface area (Å²) in [5, 5.41) is 0. The third-order valence-corrected chi connectivity index (χ3v) is 3.78. The molecule has 1 amide bonds. The number of amides is 1. The van der Waals surface area contributed by atoms with Crippen molar-refractivity contribution in [3.8, 4) is 0 Å². The number of ether oxygens (including phenoxy) is 2. The summed E-state index contributed by atoms with van der Waals surface area (Å²) in [5.41, 5.74) is -0.815. The summed E-state index contributed by atoms with van der Waals surface area (Å²) in [6.45, 7) is 12.3. The van der Waals surface area contributed by atoms with Crippen LogP contribution in [0.5, 0.6) is 0 Å². The number of hydrogen-bond acceptors (Lipinski definition) is 4. The largest absolute Gasteiger partial charge is 0.444 e. The van der Waals surface area contributed by atoms with Crippen molar-refractivity contribution in [2.24, 2.45) is 0 Å². The Morgan fingerprint density at radius 2 is 2.18 bits per heavy atom. The molecule has 6 heteroatoms. The maximum Gasteiger partial charge on any atom is 0.410 e. The number of hydrogen-bond donors (Lipinski definition) is 0. The summed E-state index contributed by atoms with van der Waals surface area (Å²) < 4.78 is 13.5. The van der Waals surface area contributed by atoms with Gasteiger partial charge in [0.15, 0.2) is 0 Å². The van der Waals surface area contributed by atoms with Gasteiger partial charge in [-0.3, -0.25) is 0 Å². The predicted octanol–water partition coefficient (Wildman–Crippen LogP) is 2.82. The van der Waals surface area contributed by atoms with Crippen molar-refractivity contribution >= 4 is 6.09 Å². The first kappa shape index (κ1) is 16.8. The first-order valence-electron chi connectivity index (χ1n) is 7.84. The van der Waals surface area contributed by atoms with Crippen molar-refractivity contribution in [3.63, 3.8) is 0 Å². The number of aryl methyl sites for hydroxylation is 1. The average Bonchev–Trinajstić information content (AvgIpc) is 3.01. The summed E-state index contributed by atoms with van der Waals surface area (Å²) in [7, 11) is 0. The van der Waals surface area contributed by atoms with Gasteiger partial charge in [-0.05, 0) is 41.0 Å². The van der Waals surface area contributed by atoms with E-state index in [4.69, 9.17) is 9.47 Å². The van der Waals surface area contributed by atoms with Gasteiger partial charge < -0.3 is 18.9 Å². The highest BCUT2D eigenvalue weighted by molar-refractivity contribution is 5.68. The molecular weight excluding hydrogens is 282 g/mol. The average molecular weight is 309 g/mol. The van der Waals surface area contributed by atoms with Crippen molar-refractivity contribution in [2.75, 3.05) is 13.1 Å². The van der Waals surface area contributed by atoms with Crippen LogP contribution in [0, 0.1) is 0 Å². The van der Waals surface area contributed by atoms with E-state index in [-0.39, 0.29) is 11.7 Å². The smallest absolute Gasteiger partial charge is 0.410 e. The van der Waals surface area contributed by atoms with Gasteiger partial charge in [-0.1, -0.05) is 0 Å². The van der Waals surface area contributed by atoms with E-state index in [1.807, 2.05) is 33.9 Å². The van der Waals surface area contributed by atoms with Crippen molar-refractivity contribution in [2.45, 2.75) is 65.4 Å². The maximum absolute atomic E-state index is 12.1. The molecule has 124 valence electrons. The Morgan fingerprint density at radius 1 is 1.45 bits per heavy atom. The Balaban J connectivity index is 1.89. The van der Waals surface area contributed by atoms with E-state index in [2.05, 4.69) is 16.5 Å². The molecule has 1 aliphatic heterocycles. The highest BCUT2D eigenvalue weighted by Crippen LogP contribution is 2.27. The van der Waals surface area contributed by atoms with Crippen LogP contribution >= 0.6 is 0 Å². The normalized spacial score (nSPS) is 22.1. The second-order valence-electron chi connectivity index (χ2n) is 7.02. The number of imidazole rings is 1. The molecule has 0 N–H and O–H groups in total. The molecule has 1 unspecified atom stereocenters. The zero-order chi connectivity index (χ0) is 16.4. The second-order valence-corrected chi connectivity index (χ2v) is 7.02. The first-order chi connectivity index (χ1) is 10.2. The van der Waals surface area contributed by atoms with Crippen LogP contribution in [0.25, 0.3) is 0 Å². The molecule has 1 saturated heterocycles. The van der Waals surface area contributed by atoms with E-state index in [0.717, 1.165) is 18.8 Å². The van der Waals surface area contributed by atoms with Crippen LogP contribution in [0.1, 0.15) is 46.9 Å². The summed E-state index contributed by atoms with van der Waals surface area (Å²) >= 11 is 0. The van der Waals surface area contributed by atoms with Crippen LogP contribution in [0.3, 0.4) is 0 Å². The molecule has 0 aliphatic carbocycles. The number of aromatic nitrogens is 2. The third kappa shape index (κ3) is 4.22. The van der Waals surface area contributed by atoms with E-state index in [9.17, 15) is 4.79 Å². The standard InChI is InChI=1S/C16H27N3O3/c1-6-18-10-8-17-13(18)11-21-16(5)7-9-19(12-16)14(20)22-15(2,3)4/h8,10H,6-7,9,11-12H2,1-5H3. The van der Waals surface area contributed by atoms with Gasteiger partial charge in [0.1, 0.15) is 18.0 Å². The molecule has 2 heterocycles. The number of nitrogens with zero attached hydrogens (tertiary/aromatic N) is 3. The summed E-state index contributed by atoms with van der Waals surface area (Å²) in [4.78, 5) is 18.1. The first-order valence-corrected chi connectivity index (χ1v) is 7.84. The van der Waals surface area contributed by atoms with Crippen molar-refractivity contribution in [1.29, 1.82) is 0 Å². The molecule has 1 fully saturated rings. The Hall–Kier alpha value is -1.56. The molecule has 1 aliphatic rings. The molecule has 22 heavy (non-hydrogen) atoms. The van der Waals surface area contributed by atoms with E-state index < -0.39 is 5.60 Å². The molecule has 2 rings (SSSR count). The van der Waals surface area contributed by atoms with Crippen molar-refractivity contribution in [1.82, 2.24) is 14.5 Å². The van der Waals surface area contributed by atoms with E-state index >= 15 is 0 Å². The second kappa shape index (κ2) is 6.28. The number of carbonyl (C=O) groups excluding carboxylic acids is 1. The van der Waals surface area contributed by atoms with Gasteiger partial charge in [0, 0.05) is 25.5 Å². The minimum atomic E-state index is -0.469. The van der Waals surface area contributed by atoms with Gasteiger partial charge in [-0.2, -0.15) is 0 Å². The van der Waals surface area contributed by atoms with Crippen LogP contribution in [0.4, 0.5) is 4.79 Å². The van der Waals surface area contributed by atoms with Gasteiger partial charge in [0.25, 0.3) is 0 Å². The fourth-order valence-electron chi connectivity index (χ4n) is 2.54. The molecule has 0 aromatic carbocycles. The van der Waals surface area contributed by atoms with Crippen LogP contribution in [0.15, 0.2) is 12.4 Å². The molecular formula is C16H27N3O3. The van der Waals surface area contributed by atoms with E-state index in [0.29, 0.717) is 19.7 Å². The zero-order valence-corrected chi connectivity index (χ0v) is 14.3. The van der Waals surface area contributed by atoms with Crippen LogP contribution in [0.2, 0.25) is 0 Å². The van der Waals surface area contributed by atoms with Gasteiger partial charge in [-0.25, -0.2) is 9.78 Å². The molecule has 0 bridgehead atoms. The Kier molecular flexibility index (Phi) is 4.80. The minimum absolute atomic E-state index is 0.269. The van der Waals surface area contributed by atoms with Gasteiger partial charge in [0.05, 0.1) is 12.1 Å². The quantitative estimate of drug-likeness (QED) is 0.858. The topological polar surface area (TPSA) is 56.6 Å². The Bertz CT molecular complexity index is 521. The molecule has 1 atom stereocenters. The van der Waals surface area contributed by atoms with Gasteiger partial charge in [-0.15, -0.1) is 0 Å². The van der Waals surface area contributed by atoms with E-state index in [1.165, 1.54) is 0 Å². The van der Waals surface area contributed by atoms with Crippen LogP contribution in [-0.2, 0) is 22.6 Å². The summed E-state index contributed by atoms with van der Waals surface area (Å²) in [6, 6.07) is 0. The molecule has 0 spiro atoms. The Labute approximate surface area is 132 Å². The molecule has 1 aromatic heterocycles. The number of carbonyl (C=O) groups is 1. The highest BCUT2D eigenvalue weighted by atomic mass is 16.6. The van der Waals surface area contributed by atoms with Crippen molar-refractivity contribution < 1.29 is 14.3 Å². The molecule has 6 nitrogen and oxygen atoms in total. The molecule has 0 radical (unpaired) electrons. The molecule has 0 saturated carbocycles. The van der Waals surface area contributed by atoms with Gasteiger partial charge in [0.2, 0.25) is 0 Å². The Morgan fingerprint density at radius 3 is 2.82 bits per heavy atom. The van der Waals surface area contributed by atoms with Crippen LogP contribution in [-0.4, -0.2) is 44.8 Å². The highest BCUT2D eigenvalue weighted by Gasteiger charge is 2.38. The maximum atomic E-state index is 12.1. The minimum Gasteiger partial charge on any atom is -0.444 e. The van der Waals surface area contributed by atoms with Gasteiger partial charge >= 0.3 is 6.09 Å². The number of rotatable bonds is 4. The fraction of sp³-hybridized carbons (Fsp3) is 0.750. The predicted molar refractivity (Wildman–Crippen MR) is 83.5 cm³/mol. The van der Waals surface area contributed by atoms with Crippen molar-refractivity contribution in [3.05, 3.63) is 18.2 Å². The lowest BCUT2D eigenvalue weighted by molar-refractivity contribution is -0.0409. The van der Waals surface area contributed by atoms with E-state index in [1.54, 1.807) is 11.1 Å².